The van der Waals surface area contributed by atoms with E-state index in [0.29, 0.717) is 17.1 Å². The topological polar surface area (TPSA) is 72.3 Å². The minimum Gasteiger partial charge on any atom is -0.508 e. The lowest BCUT2D eigenvalue weighted by atomic mass is 10.1. The van der Waals surface area contributed by atoms with Gasteiger partial charge in [0.1, 0.15) is 5.75 Å². The molecule has 0 fully saturated rings. The molecule has 0 aliphatic heterocycles. The first-order valence-electron chi connectivity index (χ1n) is 3.59. The van der Waals surface area contributed by atoms with Gasteiger partial charge in [0.2, 0.25) is 0 Å². The molecule has 4 heteroatoms. The normalized spacial score (nSPS) is 12.9. The van der Waals surface area contributed by atoms with Gasteiger partial charge in [0, 0.05) is 17.6 Å². The van der Waals surface area contributed by atoms with Crippen LogP contribution < -0.4 is 11.5 Å². The average molecular weight is 187 g/mol. The fourth-order valence-electron chi connectivity index (χ4n) is 0.942. The van der Waals surface area contributed by atoms with Gasteiger partial charge in [-0.1, -0.05) is 11.6 Å². The van der Waals surface area contributed by atoms with Crippen LogP contribution in [0.3, 0.4) is 0 Å². The molecule has 0 bridgehead atoms. The fraction of sp³-hybridized carbons (Fsp3) is 0.250. The van der Waals surface area contributed by atoms with Crippen LogP contribution in [0, 0.1) is 0 Å². The molecule has 0 aliphatic carbocycles. The van der Waals surface area contributed by atoms with E-state index in [0.717, 1.165) is 0 Å². The van der Waals surface area contributed by atoms with Gasteiger partial charge in [0.15, 0.2) is 0 Å². The third kappa shape index (κ3) is 1.88. The molecule has 1 aromatic rings. The maximum absolute atomic E-state index is 9.13. The number of hydrogen-bond acceptors (Lipinski definition) is 3. The summed E-state index contributed by atoms with van der Waals surface area (Å²) in [6.45, 7) is 0.309. The van der Waals surface area contributed by atoms with Crippen molar-refractivity contribution in [2.45, 2.75) is 6.04 Å². The quantitative estimate of drug-likeness (QED) is 0.646. The lowest BCUT2D eigenvalue weighted by molar-refractivity contribution is 0.473. The zero-order valence-electron chi connectivity index (χ0n) is 6.50. The molecule has 0 saturated carbocycles. The van der Waals surface area contributed by atoms with E-state index in [2.05, 4.69) is 0 Å². The second-order valence-electron chi connectivity index (χ2n) is 2.55. The van der Waals surface area contributed by atoms with Crippen molar-refractivity contribution in [3.63, 3.8) is 0 Å². The molecule has 1 unspecified atom stereocenters. The third-order valence-corrected chi connectivity index (χ3v) is 1.98. The molecule has 0 spiro atoms. The Labute approximate surface area is 75.9 Å². The first-order valence-corrected chi connectivity index (χ1v) is 3.97. The number of phenols is 1. The molecule has 0 amide bonds. The second-order valence-corrected chi connectivity index (χ2v) is 2.96. The van der Waals surface area contributed by atoms with Crippen LogP contribution in [0.15, 0.2) is 18.2 Å². The van der Waals surface area contributed by atoms with Crippen LogP contribution >= 0.6 is 11.6 Å². The highest BCUT2D eigenvalue weighted by Gasteiger charge is 2.08. The van der Waals surface area contributed by atoms with Gasteiger partial charge in [-0.15, -0.1) is 0 Å². The summed E-state index contributed by atoms with van der Waals surface area (Å²) in [7, 11) is 0. The number of nitrogens with two attached hydrogens (primary N) is 2. The second kappa shape index (κ2) is 3.76. The number of phenolic OH excluding ortho intramolecular Hbond substituents is 1. The summed E-state index contributed by atoms with van der Waals surface area (Å²) in [6.07, 6.45) is 0. The van der Waals surface area contributed by atoms with E-state index >= 15 is 0 Å². The molecule has 66 valence electrons. The van der Waals surface area contributed by atoms with Crippen LogP contribution in [-0.4, -0.2) is 11.7 Å². The SMILES string of the molecule is NCC(N)c1cc(O)ccc1Cl. The molecule has 1 aromatic carbocycles. The van der Waals surface area contributed by atoms with Gasteiger partial charge < -0.3 is 16.6 Å². The van der Waals surface area contributed by atoms with Crippen molar-refractivity contribution in [1.82, 2.24) is 0 Å². The first-order chi connectivity index (χ1) is 5.65. The van der Waals surface area contributed by atoms with Crippen LogP contribution in [0.1, 0.15) is 11.6 Å². The van der Waals surface area contributed by atoms with Crippen molar-refractivity contribution in [3.8, 4) is 5.75 Å². The predicted molar refractivity (Wildman–Crippen MR) is 49.1 cm³/mol. The lowest BCUT2D eigenvalue weighted by Crippen LogP contribution is -2.20. The average Bonchev–Trinajstić information content (AvgIpc) is 2.08. The zero-order valence-corrected chi connectivity index (χ0v) is 7.25. The van der Waals surface area contributed by atoms with E-state index in [9.17, 15) is 0 Å². The van der Waals surface area contributed by atoms with Gasteiger partial charge in [0.05, 0.1) is 0 Å². The summed E-state index contributed by atoms with van der Waals surface area (Å²) in [4.78, 5) is 0. The number of hydrogen-bond donors (Lipinski definition) is 3. The Morgan fingerprint density at radius 1 is 1.50 bits per heavy atom. The molecule has 5 N–H and O–H groups in total. The molecule has 0 heterocycles. The van der Waals surface area contributed by atoms with Crippen LogP contribution in [-0.2, 0) is 0 Å². The molecular weight excluding hydrogens is 176 g/mol. The van der Waals surface area contributed by atoms with E-state index < -0.39 is 0 Å². The Balaban J connectivity index is 3.04. The Hall–Kier alpha value is -0.770. The van der Waals surface area contributed by atoms with E-state index in [4.69, 9.17) is 28.2 Å². The Morgan fingerprint density at radius 3 is 2.75 bits per heavy atom. The number of benzene rings is 1. The molecule has 1 rings (SSSR count). The molecule has 0 aliphatic rings. The van der Waals surface area contributed by atoms with Crippen molar-refractivity contribution in [2.75, 3.05) is 6.54 Å². The predicted octanol–water partition coefficient (Wildman–Crippen LogP) is 1.00. The fourth-order valence-corrected chi connectivity index (χ4v) is 1.20. The van der Waals surface area contributed by atoms with Crippen molar-refractivity contribution >= 4 is 11.6 Å². The van der Waals surface area contributed by atoms with Gasteiger partial charge >= 0.3 is 0 Å². The highest BCUT2D eigenvalue weighted by Crippen LogP contribution is 2.24. The largest absolute Gasteiger partial charge is 0.508 e. The third-order valence-electron chi connectivity index (χ3n) is 1.63. The molecule has 0 radical (unpaired) electrons. The minimum absolute atomic E-state index is 0.151. The molecule has 0 saturated heterocycles. The summed E-state index contributed by atoms with van der Waals surface area (Å²) in [6, 6.07) is 4.32. The van der Waals surface area contributed by atoms with Gasteiger partial charge in [-0.25, -0.2) is 0 Å². The maximum Gasteiger partial charge on any atom is 0.116 e. The summed E-state index contributed by atoms with van der Waals surface area (Å²) in [5.41, 5.74) is 11.7. The highest BCUT2D eigenvalue weighted by molar-refractivity contribution is 6.31. The van der Waals surface area contributed by atoms with Gasteiger partial charge in [0.25, 0.3) is 0 Å². The Bertz CT molecular complexity index is 278. The van der Waals surface area contributed by atoms with Crippen LogP contribution in [0.25, 0.3) is 0 Å². The summed E-state index contributed by atoms with van der Waals surface area (Å²) >= 11 is 5.82. The van der Waals surface area contributed by atoms with Gasteiger partial charge in [-0.05, 0) is 23.8 Å². The molecule has 3 nitrogen and oxygen atoms in total. The number of aromatic hydroxyl groups is 1. The van der Waals surface area contributed by atoms with E-state index in [1.165, 1.54) is 12.1 Å². The van der Waals surface area contributed by atoms with Crippen LogP contribution in [0.5, 0.6) is 5.75 Å². The van der Waals surface area contributed by atoms with Crippen molar-refractivity contribution in [3.05, 3.63) is 28.8 Å². The van der Waals surface area contributed by atoms with Crippen LogP contribution in [0.2, 0.25) is 5.02 Å². The lowest BCUT2D eigenvalue weighted by Gasteiger charge is -2.10. The van der Waals surface area contributed by atoms with E-state index in [1.54, 1.807) is 6.07 Å². The van der Waals surface area contributed by atoms with E-state index in [1.807, 2.05) is 0 Å². The number of rotatable bonds is 2. The maximum atomic E-state index is 9.13. The molecular formula is C8H11ClN2O. The standard InChI is InChI=1S/C8H11ClN2O/c9-7-2-1-5(12)3-6(7)8(11)4-10/h1-3,8,12H,4,10-11H2. The molecule has 1 atom stereocenters. The first kappa shape index (κ1) is 9.32. The van der Waals surface area contributed by atoms with Crippen molar-refractivity contribution < 1.29 is 5.11 Å². The summed E-state index contributed by atoms with van der Waals surface area (Å²) in [5, 5.41) is 9.66. The summed E-state index contributed by atoms with van der Waals surface area (Å²) in [5.74, 6) is 0.151. The Morgan fingerprint density at radius 2 is 2.17 bits per heavy atom. The van der Waals surface area contributed by atoms with Crippen molar-refractivity contribution in [2.24, 2.45) is 11.5 Å². The zero-order chi connectivity index (χ0) is 9.14. The Kier molecular flexibility index (Phi) is 2.92. The number of halogens is 1. The van der Waals surface area contributed by atoms with Gasteiger partial charge in [-0.2, -0.15) is 0 Å². The molecule has 12 heavy (non-hydrogen) atoms. The minimum atomic E-state index is -0.315. The van der Waals surface area contributed by atoms with E-state index in [-0.39, 0.29) is 11.8 Å². The summed E-state index contributed by atoms with van der Waals surface area (Å²) < 4.78 is 0. The smallest absolute Gasteiger partial charge is 0.116 e. The van der Waals surface area contributed by atoms with Crippen molar-refractivity contribution in [1.29, 1.82) is 0 Å². The highest BCUT2D eigenvalue weighted by atomic mass is 35.5. The van der Waals surface area contributed by atoms with Crippen LogP contribution in [0.4, 0.5) is 0 Å². The monoisotopic (exact) mass is 186 g/mol. The molecule has 0 aromatic heterocycles. The van der Waals surface area contributed by atoms with Gasteiger partial charge in [-0.3, -0.25) is 0 Å².